The Bertz CT molecular complexity index is 275. The molecule has 5 heteroatoms. The molecular weight excluding hydrogens is 232 g/mol. The number of aliphatic carboxylic acids is 1. The summed E-state index contributed by atoms with van der Waals surface area (Å²) in [5.41, 5.74) is 0. The van der Waals surface area contributed by atoms with Crippen molar-refractivity contribution in [3.05, 3.63) is 0 Å². The molecule has 1 rings (SSSR count). The molecule has 0 saturated carbocycles. The predicted octanol–water partition coefficient (Wildman–Crippen LogP) is 0.788. The Kier molecular flexibility index (Phi) is 6.90. The lowest BCUT2D eigenvalue weighted by atomic mass is 9.91. The maximum absolute atomic E-state index is 12.1. The second kappa shape index (κ2) is 8.21. The van der Waals surface area contributed by atoms with Crippen molar-refractivity contribution in [2.75, 3.05) is 19.6 Å². The lowest BCUT2D eigenvalue weighted by molar-refractivity contribution is -0.147. The Balaban J connectivity index is 2.44. The molecule has 0 aromatic rings. The van der Waals surface area contributed by atoms with Gasteiger partial charge in [-0.05, 0) is 6.42 Å². The Morgan fingerprint density at radius 1 is 1.28 bits per heavy atom. The van der Waals surface area contributed by atoms with Crippen LogP contribution in [0.5, 0.6) is 0 Å². The molecule has 1 aliphatic rings. The minimum absolute atomic E-state index is 0.175. The zero-order valence-corrected chi connectivity index (χ0v) is 11.1. The molecule has 0 aliphatic carbocycles. The van der Waals surface area contributed by atoms with Crippen molar-refractivity contribution < 1.29 is 14.7 Å². The summed E-state index contributed by atoms with van der Waals surface area (Å²) in [5.74, 6) is -2.01. The molecule has 0 aromatic carbocycles. The fourth-order valence-corrected chi connectivity index (χ4v) is 2.26. The first kappa shape index (κ1) is 15.1. The number of carbonyl (C=O) groups excluding carboxylic acids is 1. The number of carboxylic acid groups (broad SMARTS) is 1. The average Bonchev–Trinajstić information content (AvgIpc) is 2.39. The first-order valence-electron chi connectivity index (χ1n) is 6.87. The van der Waals surface area contributed by atoms with Crippen LogP contribution in [0.1, 0.15) is 39.0 Å². The molecule has 0 radical (unpaired) electrons. The van der Waals surface area contributed by atoms with Crippen LogP contribution < -0.4 is 10.6 Å². The van der Waals surface area contributed by atoms with Crippen molar-refractivity contribution in [2.45, 2.75) is 45.1 Å². The van der Waals surface area contributed by atoms with E-state index in [1.54, 1.807) is 0 Å². The van der Waals surface area contributed by atoms with Crippen LogP contribution in [0.2, 0.25) is 0 Å². The third kappa shape index (κ3) is 4.74. The molecule has 0 amide bonds. The second-order valence-corrected chi connectivity index (χ2v) is 4.85. The van der Waals surface area contributed by atoms with Crippen molar-refractivity contribution in [2.24, 2.45) is 5.92 Å². The largest absolute Gasteiger partial charge is 0.481 e. The average molecular weight is 256 g/mol. The number of hydrogen-bond donors (Lipinski definition) is 3. The van der Waals surface area contributed by atoms with E-state index in [2.05, 4.69) is 17.6 Å². The van der Waals surface area contributed by atoms with Crippen LogP contribution in [0.15, 0.2) is 0 Å². The first-order valence-corrected chi connectivity index (χ1v) is 6.87. The molecule has 104 valence electrons. The predicted molar refractivity (Wildman–Crippen MR) is 69.6 cm³/mol. The first-order chi connectivity index (χ1) is 8.66. The molecule has 1 heterocycles. The number of carboxylic acids is 1. The molecular formula is C13H24N2O3. The highest BCUT2D eigenvalue weighted by molar-refractivity contribution is 6.01. The Labute approximate surface area is 108 Å². The van der Waals surface area contributed by atoms with Crippen molar-refractivity contribution >= 4 is 11.8 Å². The van der Waals surface area contributed by atoms with Gasteiger partial charge < -0.3 is 15.7 Å². The molecule has 5 nitrogen and oxygen atoms in total. The van der Waals surface area contributed by atoms with Crippen LogP contribution in [0.25, 0.3) is 0 Å². The van der Waals surface area contributed by atoms with Crippen LogP contribution in [-0.2, 0) is 9.59 Å². The molecule has 1 fully saturated rings. The van der Waals surface area contributed by atoms with Gasteiger partial charge in [-0.25, -0.2) is 0 Å². The number of nitrogens with one attached hydrogen (secondary N) is 2. The Hall–Kier alpha value is -0.940. The molecule has 0 spiro atoms. The summed E-state index contributed by atoms with van der Waals surface area (Å²) in [6, 6.07) is -0.342. The normalized spacial score (nSPS) is 21.5. The molecule has 0 aromatic heterocycles. The van der Waals surface area contributed by atoms with Crippen LogP contribution >= 0.6 is 0 Å². The highest BCUT2D eigenvalue weighted by Gasteiger charge is 2.32. The van der Waals surface area contributed by atoms with Gasteiger partial charge in [0, 0.05) is 19.6 Å². The highest BCUT2D eigenvalue weighted by atomic mass is 16.4. The number of piperazine rings is 1. The van der Waals surface area contributed by atoms with Crippen LogP contribution in [0.3, 0.4) is 0 Å². The summed E-state index contributed by atoms with van der Waals surface area (Å²) >= 11 is 0. The monoisotopic (exact) mass is 256 g/mol. The quantitative estimate of drug-likeness (QED) is 0.442. The maximum Gasteiger partial charge on any atom is 0.314 e. The van der Waals surface area contributed by atoms with E-state index in [9.17, 15) is 9.59 Å². The van der Waals surface area contributed by atoms with E-state index in [4.69, 9.17) is 5.11 Å². The molecule has 0 unspecified atom stereocenters. The number of unbranched alkanes of at least 4 members (excludes halogenated alkanes) is 3. The Morgan fingerprint density at radius 2 is 2.06 bits per heavy atom. The van der Waals surface area contributed by atoms with E-state index >= 15 is 0 Å². The molecule has 3 N–H and O–H groups in total. The fraction of sp³-hybridized carbons (Fsp3) is 0.846. The summed E-state index contributed by atoms with van der Waals surface area (Å²) in [6.45, 7) is 4.20. The fourth-order valence-electron chi connectivity index (χ4n) is 2.26. The number of rotatable bonds is 8. The topological polar surface area (TPSA) is 78.4 Å². The van der Waals surface area contributed by atoms with Gasteiger partial charge in [0.25, 0.3) is 0 Å². The van der Waals surface area contributed by atoms with Gasteiger partial charge in [0.15, 0.2) is 5.78 Å². The summed E-state index contributed by atoms with van der Waals surface area (Å²) in [6.07, 6.45) is 4.50. The van der Waals surface area contributed by atoms with E-state index in [0.717, 1.165) is 38.8 Å². The molecule has 0 bridgehead atoms. The van der Waals surface area contributed by atoms with E-state index in [1.165, 1.54) is 0 Å². The van der Waals surface area contributed by atoms with Gasteiger partial charge >= 0.3 is 5.97 Å². The molecule has 1 aliphatic heterocycles. The van der Waals surface area contributed by atoms with Gasteiger partial charge in [0.1, 0.15) is 5.92 Å². The third-order valence-electron chi connectivity index (χ3n) is 3.37. The highest BCUT2D eigenvalue weighted by Crippen LogP contribution is 2.14. The van der Waals surface area contributed by atoms with Crippen molar-refractivity contribution in [1.29, 1.82) is 0 Å². The second-order valence-electron chi connectivity index (χ2n) is 4.85. The SMILES string of the molecule is CCCCCC[C@H](C(=O)O)C(=O)[C@@H]1CNCCN1. The van der Waals surface area contributed by atoms with E-state index < -0.39 is 11.9 Å². The third-order valence-corrected chi connectivity index (χ3v) is 3.37. The number of Topliss-reactive ketones (excluding diaryl/α,β-unsaturated/α-hetero) is 1. The smallest absolute Gasteiger partial charge is 0.314 e. The lowest BCUT2D eigenvalue weighted by Gasteiger charge is -2.25. The minimum Gasteiger partial charge on any atom is -0.481 e. The van der Waals surface area contributed by atoms with Gasteiger partial charge in [-0.2, -0.15) is 0 Å². The van der Waals surface area contributed by atoms with Gasteiger partial charge in [0.05, 0.1) is 6.04 Å². The van der Waals surface area contributed by atoms with Crippen LogP contribution in [0.4, 0.5) is 0 Å². The van der Waals surface area contributed by atoms with E-state index in [1.807, 2.05) is 0 Å². The standard InChI is InChI=1S/C13H24N2O3/c1-2-3-4-5-6-10(13(17)18)12(16)11-9-14-7-8-15-11/h10-11,14-15H,2-9H2,1H3,(H,17,18)/t10-,11-/m0/s1. The Morgan fingerprint density at radius 3 is 2.61 bits per heavy atom. The van der Waals surface area contributed by atoms with E-state index in [0.29, 0.717) is 13.0 Å². The van der Waals surface area contributed by atoms with Gasteiger partial charge in [-0.15, -0.1) is 0 Å². The minimum atomic E-state index is -0.983. The molecule has 1 saturated heterocycles. The van der Waals surface area contributed by atoms with Crippen molar-refractivity contribution in [3.8, 4) is 0 Å². The van der Waals surface area contributed by atoms with E-state index in [-0.39, 0.29) is 11.8 Å². The van der Waals surface area contributed by atoms with Gasteiger partial charge in [0.2, 0.25) is 0 Å². The summed E-state index contributed by atoms with van der Waals surface area (Å²) in [4.78, 5) is 23.3. The van der Waals surface area contributed by atoms with Crippen molar-refractivity contribution in [3.63, 3.8) is 0 Å². The number of carbonyl (C=O) groups is 2. The number of hydrogen-bond acceptors (Lipinski definition) is 4. The summed E-state index contributed by atoms with van der Waals surface area (Å²) in [5, 5.41) is 15.4. The molecule has 2 atom stereocenters. The number of ketones is 1. The zero-order chi connectivity index (χ0) is 13.4. The summed E-state index contributed by atoms with van der Waals surface area (Å²) in [7, 11) is 0. The summed E-state index contributed by atoms with van der Waals surface area (Å²) < 4.78 is 0. The molecule has 18 heavy (non-hydrogen) atoms. The van der Waals surface area contributed by atoms with Crippen LogP contribution in [0, 0.1) is 5.92 Å². The maximum atomic E-state index is 12.1. The lowest BCUT2D eigenvalue weighted by Crippen LogP contribution is -2.54. The van der Waals surface area contributed by atoms with Gasteiger partial charge in [-0.1, -0.05) is 32.6 Å². The van der Waals surface area contributed by atoms with Crippen LogP contribution in [-0.4, -0.2) is 42.5 Å². The zero-order valence-electron chi connectivity index (χ0n) is 11.1. The van der Waals surface area contributed by atoms with Crippen molar-refractivity contribution in [1.82, 2.24) is 10.6 Å². The van der Waals surface area contributed by atoms with Gasteiger partial charge in [-0.3, -0.25) is 9.59 Å².